The second kappa shape index (κ2) is 4.79. The van der Waals surface area contributed by atoms with Crippen molar-refractivity contribution in [3.63, 3.8) is 0 Å². The smallest absolute Gasteiger partial charge is 0.0947 e. The maximum atomic E-state index is 4.48. The SMILES string of the molecule is CCNC(c1cn(C)cn1)C1CCCC1. The van der Waals surface area contributed by atoms with E-state index in [1.807, 2.05) is 17.9 Å². The maximum absolute atomic E-state index is 4.48. The number of aromatic nitrogens is 2. The third-order valence-corrected chi connectivity index (χ3v) is 3.34. The average Bonchev–Trinajstić information content (AvgIpc) is 2.85. The molecule has 1 fully saturated rings. The fourth-order valence-electron chi connectivity index (χ4n) is 2.62. The highest BCUT2D eigenvalue weighted by Gasteiger charge is 2.26. The van der Waals surface area contributed by atoms with Crippen LogP contribution in [0.25, 0.3) is 0 Å². The quantitative estimate of drug-likeness (QED) is 0.820. The van der Waals surface area contributed by atoms with E-state index in [-0.39, 0.29) is 0 Å². The molecule has 3 nitrogen and oxygen atoms in total. The first-order valence-corrected chi connectivity index (χ1v) is 6.02. The van der Waals surface area contributed by atoms with Crippen LogP contribution in [0.3, 0.4) is 0 Å². The van der Waals surface area contributed by atoms with Crippen molar-refractivity contribution in [3.05, 3.63) is 18.2 Å². The summed E-state index contributed by atoms with van der Waals surface area (Å²) in [5.74, 6) is 0.792. The lowest BCUT2D eigenvalue weighted by Crippen LogP contribution is -2.27. The third kappa shape index (κ3) is 2.40. The molecule has 2 rings (SSSR count). The van der Waals surface area contributed by atoms with E-state index in [4.69, 9.17) is 0 Å². The molecule has 1 aromatic rings. The molecule has 0 spiro atoms. The summed E-state index contributed by atoms with van der Waals surface area (Å²) in [4.78, 5) is 4.48. The fraction of sp³-hybridized carbons (Fsp3) is 0.750. The van der Waals surface area contributed by atoms with Gasteiger partial charge in [0.05, 0.1) is 18.1 Å². The third-order valence-electron chi connectivity index (χ3n) is 3.34. The second-order valence-electron chi connectivity index (χ2n) is 4.54. The lowest BCUT2D eigenvalue weighted by molar-refractivity contribution is 0.368. The van der Waals surface area contributed by atoms with Crippen LogP contribution in [0.4, 0.5) is 0 Å². The van der Waals surface area contributed by atoms with Crippen LogP contribution in [0.15, 0.2) is 12.5 Å². The van der Waals surface area contributed by atoms with Crippen LogP contribution in [0, 0.1) is 5.92 Å². The summed E-state index contributed by atoms with van der Waals surface area (Å²) in [6, 6.07) is 0.471. The number of imidazole rings is 1. The first-order chi connectivity index (χ1) is 7.31. The van der Waals surface area contributed by atoms with E-state index < -0.39 is 0 Å². The van der Waals surface area contributed by atoms with Crippen molar-refractivity contribution in [1.29, 1.82) is 0 Å². The summed E-state index contributed by atoms with van der Waals surface area (Å²) in [5.41, 5.74) is 1.21. The van der Waals surface area contributed by atoms with Gasteiger partial charge in [0.2, 0.25) is 0 Å². The normalized spacial score (nSPS) is 19.6. The van der Waals surface area contributed by atoms with Gasteiger partial charge in [0, 0.05) is 13.2 Å². The Morgan fingerprint density at radius 1 is 1.53 bits per heavy atom. The Hall–Kier alpha value is -0.830. The van der Waals surface area contributed by atoms with Crippen LogP contribution in [0.1, 0.15) is 44.3 Å². The van der Waals surface area contributed by atoms with Crippen molar-refractivity contribution in [2.24, 2.45) is 13.0 Å². The number of rotatable bonds is 4. The van der Waals surface area contributed by atoms with Gasteiger partial charge in [0.25, 0.3) is 0 Å². The molecule has 3 heteroatoms. The average molecular weight is 207 g/mol. The van der Waals surface area contributed by atoms with Gasteiger partial charge < -0.3 is 9.88 Å². The van der Waals surface area contributed by atoms with Gasteiger partial charge in [0.15, 0.2) is 0 Å². The van der Waals surface area contributed by atoms with Gasteiger partial charge in [-0.2, -0.15) is 0 Å². The molecule has 1 atom stereocenters. The fourth-order valence-corrected chi connectivity index (χ4v) is 2.62. The standard InChI is InChI=1S/C12H21N3/c1-3-13-12(10-6-4-5-7-10)11-8-15(2)9-14-11/h8-10,12-13H,3-7H2,1-2H3. The summed E-state index contributed by atoms with van der Waals surface area (Å²) >= 11 is 0. The van der Waals surface area contributed by atoms with Gasteiger partial charge in [-0.05, 0) is 25.3 Å². The van der Waals surface area contributed by atoms with Crippen molar-refractivity contribution in [2.45, 2.75) is 38.6 Å². The zero-order valence-electron chi connectivity index (χ0n) is 9.74. The molecule has 0 aliphatic heterocycles. The molecule has 0 saturated heterocycles. The number of hydrogen-bond acceptors (Lipinski definition) is 2. The number of hydrogen-bond donors (Lipinski definition) is 1. The first kappa shape index (κ1) is 10.7. The highest BCUT2D eigenvalue weighted by atomic mass is 15.0. The Morgan fingerprint density at radius 2 is 2.27 bits per heavy atom. The molecular weight excluding hydrogens is 186 g/mol. The zero-order chi connectivity index (χ0) is 10.7. The Kier molecular flexibility index (Phi) is 3.41. The summed E-state index contributed by atoms with van der Waals surface area (Å²) in [6.07, 6.45) is 9.53. The molecule has 1 saturated carbocycles. The molecule has 0 bridgehead atoms. The molecule has 1 N–H and O–H groups in total. The highest BCUT2D eigenvalue weighted by Crippen LogP contribution is 2.34. The van der Waals surface area contributed by atoms with Gasteiger partial charge in [0.1, 0.15) is 0 Å². The molecule has 1 heterocycles. The van der Waals surface area contributed by atoms with Gasteiger partial charge in [-0.15, -0.1) is 0 Å². The molecule has 0 aromatic carbocycles. The van der Waals surface area contributed by atoms with Crippen LogP contribution >= 0.6 is 0 Å². The lowest BCUT2D eigenvalue weighted by atomic mass is 9.96. The van der Waals surface area contributed by atoms with Gasteiger partial charge in [-0.25, -0.2) is 4.98 Å². The van der Waals surface area contributed by atoms with E-state index in [9.17, 15) is 0 Å². The van der Waals surface area contributed by atoms with Crippen molar-refractivity contribution >= 4 is 0 Å². The van der Waals surface area contributed by atoms with Crippen molar-refractivity contribution < 1.29 is 0 Å². The molecule has 84 valence electrons. The number of aryl methyl sites for hydroxylation is 1. The monoisotopic (exact) mass is 207 g/mol. The zero-order valence-corrected chi connectivity index (χ0v) is 9.74. The molecular formula is C12H21N3. The van der Waals surface area contributed by atoms with Crippen molar-refractivity contribution in [2.75, 3.05) is 6.54 Å². The van der Waals surface area contributed by atoms with Crippen LogP contribution in [0.5, 0.6) is 0 Å². The van der Waals surface area contributed by atoms with E-state index in [2.05, 4.69) is 23.4 Å². The molecule has 1 unspecified atom stereocenters. The first-order valence-electron chi connectivity index (χ1n) is 6.02. The Bertz CT molecular complexity index is 300. The summed E-state index contributed by atoms with van der Waals surface area (Å²) in [6.45, 7) is 3.20. The van der Waals surface area contributed by atoms with Gasteiger partial charge in [-0.3, -0.25) is 0 Å². The predicted octanol–water partition coefficient (Wildman–Crippen LogP) is 2.26. The number of nitrogens with one attached hydrogen (secondary N) is 1. The van der Waals surface area contributed by atoms with Crippen LogP contribution in [-0.4, -0.2) is 16.1 Å². The van der Waals surface area contributed by atoms with Crippen molar-refractivity contribution in [3.8, 4) is 0 Å². The Labute approximate surface area is 91.9 Å². The largest absolute Gasteiger partial charge is 0.340 e. The van der Waals surface area contributed by atoms with Crippen LogP contribution in [-0.2, 0) is 7.05 Å². The summed E-state index contributed by atoms with van der Waals surface area (Å²) < 4.78 is 2.04. The van der Waals surface area contributed by atoms with Gasteiger partial charge >= 0.3 is 0 Å². The predicted molar refractivity (Wildman–Crippen MR) is 61.6 cm³/mol. The maximum Gasteiger partial charge on any atom is 0.0947 e. The minimum Gasteiger partial charge on any atom is -0.340 e. The van der Waals surface area contributed by atoms with E-state index in [1.54, 1.807) is 0 Å². The summed E-state index contributed by atoms with van der Waals surface area (Å²) in [7, 11) is 2.04. The molecule has 1 aliphatic carbocycles. The lowest BCUT2D eigenvalue weighted by Gasteiger charge is -2.22. The molecule has 15 heavy (non-hydrogen) atoms. The Balaban J connectivity index is 2.11. The minimum atomic E-state index is 0.471. The van der Waals surface area contributed by atoms with Crippen molar-refractivity contribution in [1.82, 2.24) is 14.9 Å². The summed E-state index contributed by atoms with van der Waals surface area (Å²) in [5, 5.41) is 3.58. The number of nitrogens with zero attached hydrogens (tertiary/aromatic N) is 2. The molecule has 1 aliphatic rings. The molecule has 1 aromatic heterocycles. The van der Waals surface area contributed by atoms with Crippen LogP contribution < -0.4 is 5.32 Å². The minimum absolute atomic E-state index is 0.471. The molecule has 0 radical (unpaired) electrons. The van der Waals surface area contributed by atoms with E-state index in [0.29, 0.717) is 6.04 Å². The van der Waals surface area contributed by atoms with Crippen LogP contribution in [0.2, 0.25) is 0 Å². The van der Waals surface area contributed by atoms with E-state index in [1.165, 1.54) is 31.4 Å². The van der Waals surface area contributed by atoms with E-state index >= 15 is 0 Å². The second-order valence-corrected chi connectivity index (χ2v) is 4.54. The topological polar surface area (TPSA) is 29.9 Å². The highest BCUT2D eigenvalue weighted by molar-refractivity contribution is 5.06. The Morgan fingerprint density at radius 3 is 2.80 bits per heavy atom. The van der Waals surface area contributed by atoms with E-state index in [0.717, 1.165) is 12.5 Å². The molecule has 0 amide bonds. The van der Waals surface area contributed by atoms with Gasteiger partial charge in [-0.1, -0.05) is 19.8 Å².